The molecule has 0 N–H and O–H groups in total. The number of aromatic nitrogens is 15. The van der Waals surface area contributed by atoms with E-state index in [4.69, 9.17) is 34.9 Å². The average molecular weight is 1920 g/mol. The lowest BCUT2D eigenvalue weighted by Crippen LogP contribution is -2.00. The topological polar surface area (TPSA) is 146 Å². The highest BCUT2D eigenvalue weighted by Gasteiger charge is 2.26. The Bertz CT molecular complexity index is 9330. The van der Waals surface area contributed by atoms with Gasteiger partial charge in [0.05, 0.1) is 128 Å². The van der Waals surface area contributed by atoms with Gasteiger partial charge in [0.2, 0.25) is 0 Å². The first-order valence-electron chi connectivity index (χ1n) is 50.3. The maximum Gasteiger partial charge on any atom is 0.138 e. The predicted molar refractivity (Wildman–Crippen MR) is 614 cm³/mol. The van der Waals surface area contributed by atoms with E-state index < -0.39 is 0 Å². The molecule has 702 valence electrons. The molecule has 15 heteroatoms. The Morgan fingerprint density at radius 1 is 0.120 bits per heavy atom. The van der Waals surface area contributed by atoms with E-state index in [-0.39, 0.29) is 0 Å². The first-order valence-corrected chi connectivity index (χ1v) is 50.3. The quantitative estimate of drug-likeness (QED) is 0.0979. The molecule has 15 nitrogen and oxygen atoms in total. The Morgan fingerprint density at radius 2 is 0.400 bits per heavy atom. The third kappa shape index (κ3) is 15.4. The predicted octanol–water partition coefficient (Wildman–Crippen LogP) is 33.2. The lowest BCUT2D eigenvalue weighted by Gasteiger charge is -2.14. The molecule has 0 amide bonds. The van der Waals surface area contributed by atoms with Gasteiger partial charge in [0.1, 0.15) is 5.82 Å². The van der Waals surface area contributed by atoms with Crippen LogP contribution in [-0.2, 0) is 0 Å². The van der Waals surface area contributed by atoms with Gasteiger partial charge in [0.25, 0.3) is 0 Å². The van der Waals surface area contributed by atoms with E-state index in [9.17, 15) is 0 Å². The lowest BCUT2D eigenvalue weighted by molar-refractivity contribution is 1.08. The van der Waals surface area contributed by atoms with Gasteiger partial charge in [-0.1, -0.05) is 249 Å². The molecule has 0 bridgehead atoms. The molecule has 0 saturated carbocycles. The monoisotopic (exact) mass is 1920 g/mol. The molecule has 30 rings (SSSR count). The number of nitrogens with zero attached hydrogens (tertiary/aromatic N) is 15. The zero-order valence-corrected chi connectivity index (χ0v) is 80.9. The van der Waals surface area contributed by atoms with Crippen LogP contribution in [0.25, 0.3) is 267 Å². The van der Waals surface area contributed by atoms with Crippen LogP contribution in [0.5, 0.6) is 0 Å². The largest absolute Gasteiger partial charge is 0.309 e. The highest BCUT2D eigenvalue weighted by Crippen LogP contribution is 2.46. The van der Waals surface area contributed by atoms with E-state index in [0.717, 1.165) is 234 Å². The van der Waals surface area contributed by atoms with E-state index in [1.54, 1.807) is 12.4 Å². The molecular weight excluding hydrogens is 1830 g/mol. The van der Waals surface area contributed by atoms with Gasteiger partial charge in [0.15, 0.2) is 0 Å². The van der Waals surface area contributed by atoms with Crippen LogP contribution in [0.4, 0.5) is 0 Å². The fraction of sp³-hybridized carbons (Fsp3) is 0. The second kappa shape index (κ2) is 37.0. The highest BCUT2D eigenvalue weighted by atomic mass is 15.1. The van der Waals surface area contributed by atoms with Crippen molar-refractivity contribution in [3.05, 3.63) is 529 Å². The van der Waals surface area contributed by atoms with E-state index in [0.29, 0.717) is 0 Å². The first kappa shape index (κ1) is 87.3. The average Bonchev–Trinajstić information content (AvgIpc) is 1.61. The number of para-hydroxylation sites is 6. The van der Waals surface area contributed by atoms with Crippen LogP contribution < -0.4 is 0 Å². The minimum absolute atomic E-state index is 0.790. The van der Waals surface area contributed by atoms with Crippen LogP contribution >= 0.6 is 0 Å². The van der Waals surface area contributed by atoms with Crippen molar-refractivity contribution in [3.8, 4) is 135 Å². The van der Waals surface area contributed by atoms with Crippen molar-refractivity contribution < 1.29 is 0 Å². The summed E-state index contributed by atoms with van der Waals surface area (Å²) < 4.78 is 14.0. The Kier molecular flexibility index (Phi) is 21.5. The van der Waals surface area contributed by atoms with Gasteiger partial charge >= 0.3 is 0 Å². The van der Waals surface area contributed by atoms with Crippen molar-refractivity contribution >= 4 is 131 Å². The molecule has 150 heavy (non-hydrogen) atoms. The maximum atomic E-state index is 5.34. The normalized spacial score (nSPS) is 11.6. The zero-order valence-electron chi connectivity index (χ0n) is 80.9. The minimum atomic E-state index is 0.790. The van der Waals surface area contributed by atoms with Crippen LogP contribution in [0.2, 0.25) is 0 Å². The molecule has 0 fully saturated rings. The molecule has 0 saturated heterocycles. The van der Waals surface area contributed by atoms with E-state index in [2.05, 4.69) is 438 Å². The molecule has 0 aliphatic heterocycles. The van der Waals surface area contributed by atoms with Gasteiger partial charge in [-0.05, 0) is 281 Å². The van der Waals surface area contributed by atoms with Crippen LogP contribution in [0, 0.1) is 0 Å². The molecule has 30 aromatic rings. The van der Waals surface area contributed by atoms with E-state index in [1.165, 1.54) is 32.3 Å². The van der Waals surface area contributed by atoms with Crippen molar-refractivity contribution in [2.45, 2.75) is 0 Å². The van der Waals surface area contributed by atoms with Gasteiger partial charge in [-0.25, -0.2) is 9.97 Å². The smallest absolute Gasteiger partial charge is 0.138 e. The molecule has 15 aromatic carbocycles. The Hall–Kier alpha value is -20.6. The lowest BCUT2D eigenvalue weighted by atomic mass is 10.0. The fourth-order valence-corrected chi connectivity index (χ4v) is 22.1. The van der Waals surface area contributed by atoms with Crippen molar-refractivity contribution in [1.82, 2.24) is 72.3 Å². The highest BCUT2D eigenvalue weighted by molar-refractivity contribution is 6.16. The summed E-state index contributed by atoms with van der Waals surface area (Å²) >= 11 is 0. The van der Waals surface area contributed by atoms with Crippen LogP contribution in [0.1, 0.15) is 0 Å². The van der Waals surface area contributed by atoms with Crippen molar-refractivity contribution in [2.24, 2.45) is 0 Å². The second-order valence-corrected chi connectivity index (χ2v) is 37.6. The maximum absolute atomic E-state index is 5.34. The molecule has 0 aliphatic carbocycles. The van der Waals surface area contributed by atoms with Gasteiger partial charge in [-0.15, -0.1) is 0 Å². The van der Waals surface area contributed by atoms with Crippen molar-refractivity contribution in [1.29, 1.82) is 0 Å². The number of benzene rings is 15. The zero-order chi connectivity index (χ0) is 99.1. The third-order valence-corrected chi connectivity index (χ3v) is 28.9. The number of hydrogen-bond acceptors (Lipinski definition) is 9. The summed E-state index contributed by atoms with van der Waals surface area (Å²) in [5.41, 5.74) is 40.1. The summed E-state index contributed by atoms with van der Waals surface area (Å²) in [5.74, 6) is 0.888. The molecule has 0 unspecified atom stereocenters. The summed E-state index contributed by atoms with van der Waals surface area (Å²) in [4.78, 5) is 43.5. The number of fused-ring (bicyclic) bond motifs is 18. The summed E-state index contributed by atoms with van der Waals surface area (Å²) in [7, 11) is 0. The molecular formula is C135H87N15. The van der Waals surface area contributed by atoms with Gasteiger partial charge in [0, 0.05) is 131 Å². The standard InChI is InChI=1S/C46H30N4.C45H29N5.C44H28N6/c1-4-13-31(14-5-1)35-27-40(32-15-6-2-7-16-32)48-45(30-35)50-41-20-11-10-19-37(41)38-24-22-33(28-43(38)50)34-23-25-39-44(29-34)49(36-17-8-3-9-18-36)42-21-12-26-47-46(39)42;1-2-11-34(12-3-1)49-42-17-10-24-48-45(42)38-21-19-31(29-44(38)49)30-18-20-37-36-13-4-5-16-41(36)50(43(37)28-30)35-26-32(39-14-6-8-22-46-39)25-33(27-35)40-15-7-9-23-47-40;1-2-11-31(12-3-1)49-41-17-10-24-47-44(41)35-21-19-30(26-43(35)49)29-18-20-34-33-13-4-5-16-40(33)50(42(34)25-29)32-27-38(36-14-6-8-22-45-36)48-39(28-32)37-15-7-9-23-46-37/h1-30H;1-29H;1-28H. The summed E-state index contributed by atoms with van der Waals surface area (Å²) in [5, 5.41) is 10.6. The molecule has 15 heterocycles. The fourth-order valence-electron chi connectivity index (χ4n) is 22.1. The molecule has 0 atom stereocenters. The summed E-state index contributed by atoms with van der Waals surface area (Å²) in [6, 6.07) is 171. The molecule has 0 radical (unpaired) electrons. The van der Waals surface area contributed by atoms with Crippen molar-refractivity contribution in [2.75, 3.05) is 0 Å². The number of pyridine rings is 9. The summed E-state index contributed by atoms with van der Waals surface area (Å²) in [6.07, 6.45) is 12.9. The van der Waals surface area contributed by atoms with Crippen molar-refractivity contribution in [3.63, 3.8) is 0 Å². The SMILES string of the molecule is c1ccc(-c2cc(-c3ccccc3)nc(-n3c4ccccc4c4ccc(-c5ccc6c7ncccc7n(-c7ccccc7)c6c5)cc43)c2)cc1.c1ccc(-n2c3cc(-c4ccc5c6ccccc6n(-c6cc(-c7ccccn7)cc(-c7ccccn7)c6)c5c4)ccc3c3ncccc32)cc1.c1ccc(-n2c3cc(-c4ccc5c6ccccc6n(-c6cc(-c7ccccn7)nc(-c7ccccn7)c6)c5c4)ccc3c3ncccc32)cc1. The Labute approximate surface area is 861 Å². The van der Waals surface area contributed by atoms with Crippen LogP contribution in [0.3, 0.4) is 0 Å². The minimum Gasteiger partial charge on any atom is -0.309 e. The Morgan fingerprint density at radius 3 is 0.767 bits per heavy atom. The summed E-state index contributed by atoms with van der Waals surface area (Å²) in [6.45, 7) is 0. The van der Waals surface area contributed by atoms with Gasteiger partial charge in [-0.2, -0.15) is 0 Å². The van der Waals surface area contributed by atoms with Gasteiger partial charge < -0.3 is 22.8 Å². The van der Waals surface area contributed by atoms with E-state index in [1.807, 2.05) is 116 Å². The first-order chi connectivity index (χ1) is 74.4. The molecule has 0 spiro atoms. The second-order valence-electron chi connectivity index (χ2n) is 37.6. The van der Waals surface area contributed by atoms with Gasteiger partial charge in [-0.3, -0.25) is 39.5 Å². The third-order valence-electron chi connectivity index (χ3n) is 28.9. The van der Waals surface area contributed by atoms with Crippen LogP contribution in [-0.4, -0.2) is 72.3 Å². The molecule has 15 aromatic heterocycles. The Balaban J connectivity index is 0.000000108. The van der Waals surface area contributed by atoms with Crippen LogP contribution in [0.15, 0.2) is 529 Å². The number of hydrogen-bond donors (Lipinski definition) is 0. The molecule has 0 aliphatic rings. The van der Waals surface area contributed by atoms with E-state index >= 15 is 0 Å². The number of rotatable bonds is 15.